The lowest BCUT2D eigenvalue weighted by Crippen LogP contribution is -2.07. The Morgan fingerprint density at radius 2 is 2.09 bits per heavy atom. The fraction of sp³-hybridized carbons (Fsp3) is 0.500. The van der Waals surface area contributed by atoms with Crippen LogP contribution in [0.1, 0.15) is 19.5 Å². The minimum atomic E-state index is 0.171. The summed E-state index contributed by atoms with van der Waals surface area (Å²) in [5, 5.41) is 0. The van der Waals surface area contributed by atoms with Crippen molar-refractivity contribution in [3.8, 4) is 5.88 Å². The van der Waals surface area contributed by atoms with Gasteiger partial charge in [-0.2, -0.15) is 0 Å². The van der Waals surface area contributed by atoms with Gasteiger partial charge >= 0.3 is 0 Å². The Labute approximate surface area is 66.4 Å². The van der Waals surface area contributed by atoms with Gasteiger partial charge in [-0.15, -0.1) is 0 Å². The lowest BCUT2D eigenvalue weighted by Gasteiger charge is -2.07. The Hall–Kier alpha value is -1.12. The van der Waals surface area contributed by atoms with Gasteiger partial charge in [-0.05, 0) is 20.8 Å². The van der Waals surface area contributed by atoms with Crippen LogP contribution >= 0.6 is 0 Å². The van der Waals surface area contributed by atoms with E-state index in [0.717, 1.165) is 5.69 Å². The zero-order valence-electron chi connectivity index (χ0n) is 7.03. The molecule has 0 unspecified atom stereocenters. The molecule has 0 aromatic carbocycles. The molecule has 0 atom stereocenters. The smallest absolute Gasteiger partial charge is 0.216 e. The van der Waals surface area contributed by atoms with E-state index in [2.05, 4.69) is 9.97 Å². The maximum Gasteiger partial charge on any atom is 0.216 e. The molecule has 60 valence electrons. The molecule has 3 nitrogen and oxygen atoms in total. The summed E-state index contributed by atoms with van der Waals surface area (Å²) in [5.74, 6) is 0.646. The van der Waals surface area contributed by atoms with Gasteiger partial charge < -0.3 is 4.74 Å². The first-order valence-corrected chi connectivity index (χ1v) is 3.64. The molecule has 1 aromatic heterocycles. The molecule has 0 spiro atoms. The molecule has 0 saturated carbocycles. The van der Waals surface area contributed by atoms with Crippen molar-refractivity contribution in [2.24, 2.45) is 0 Å². The number of hydrogen-bond acceptors (Lipinski definition) is 3. The molecule has 0 fully saturated rings. The topological polar surface area (TPSA) is 35.0 Å². The summed E-state index contributed by atoms with van der Waals surface area (Å²) >= 11 is 0. The van der Waals surface area contributed by atoms with E-state index >= 15 is 0 Å². The van der Waals surface area contributed by atoms with Crippen molar-refractivity contribution in [2.75, 3.05) is 0 Å². The van der Waals surface area contributed by atoms with Gasteiger partial charge in [0.25, 0.3) is 0 Å². The number of aromatic nitrogens is 2. The van der Waals surface area contributed by atoms with Crippen LogP contribution < -0.4 is 4.74 Å². The molecule has 0 aliphatic rings. The summed E-state index contributed by atoms with van der Waals surface area (Å²) in [6.07, 6.45) is 1.68. The normalized spacial score (nSPS) is 10.2. The van der Waals surface area contributed by atoms with Crippen LogP contribution in [-0.4, -0.2) is 16.1 Å². The van der Waals surface area contributed by atoms with Crippen molar-refractivity contribution < 1.29 is 4.74 Å². The Morgan fingerprint density at radius 3 is 2.64 bits per heavy atom. The van der Waals surface area contributed by atoms with Crippen molar-refractivity contribution in [1.82, 2.24) is 9.97 Å². The summed E-state index contributed by atoms with van der Waals surface area (Å²) < 4.78 is 5.34. The highest BCUT2D eigenvalue weighted by atomic mass is 16.5. The second kappa shape index (κ2) is 3.32. The van der Waals surface area contributed by atoms with Crippen molar-refractivity contribution in [1.29, 1.82) is 0 Å². The van der Waals surface area contributed by atoms with Crippen LogP contribution in [0.2, 0.25) is 0 Å². The maximum atomic E-state index is 5.34. The van der Waals surface area contributed by atoms with Gasteiger partial charge in [0.2, 0.25) is 5.88 Å². The second-order valence-electron chi connectivity index (χ2n) is 2.66. The number of rotatable bonds is 2. The van der Waals surface area contributed by atoms with E-state index in [0.29, 0.717) is 5.88 Å². The van der Waals surface area contributed by atoms with Crippen LogP contribution in [-0.2, 0) is 0 Å². The molecular formula is C8H12N2O. The third kappa shape index (κ3) is 2.53. The van der Waals surface area contributed by atoms with Crippen LogP contribution in [0.4, 0.5) is 0 Å². The molecule has 1 heterocycles. The molecule has 0 radical (unpaired) electrons. The highest BCUT2D eigenvalue weighted by molar-refractivity contribution is 5.11. The Kier molecular flexibility index (Phi) is 2.41. The third-order valence-corrected chi connectivity index (χ3v) is 1.14. The van der Waals surface area contributed by atoms with Crippen molar-refractivity contribution in [3.63, 3.8) is 0 Å². The summed E-state index contributed by atoms with van der Waals surface area (Å²) in [4.78, 5) is 7.90. The molecule has 0 aliphatic heterocycles. The average molecular weight is 152 g/mol. The number of aryl methyl sites for hydroxylation is 1. The molecule has 3 heteroatoms. The monoisotopic (exact) mass is 152 g/mol. The molecule has 0 aliphatic carbocycles. The Balaban J connectivity index is 2.71. The van der Waals surface area contributed by atoms with Gasteiger partial charge in [-0.1, -0.05) is 0 Å². The average Bonchev–Trinajstić information content (AvgIpc) is 1.85. The van der Waals surface area contributed by atoms with Gasteiger partial charge in [-0.25, -0.2) is 9.97 Å². The second-order valence-corrected chi connectivity index (χ2v) is 2.66. The van der Waals surface area contributed by atoms with Crippen LogP contribution in [0.25, 0.3) is 0 Å². The minimum Gasteiger partial charge on any atom is -0.475 e. The fourth-order valence-electron chi connectivity index (χ4n) is 0.736. The van der Waals surface area contributed by atoms with Gasteiger partial charge in [0.05, 0.1) is 6.10 Å². The zero-order chi connectivity index (χ0) is 8.27. The highest BCUT2D eigenvalue weighted by Gasteiger charge is 1.97. The van der Waals surface area contributed by atoms with E-state index < -0.39 is 0 Å². The van der Waals surface area contributed by atoms with Crippen molar-refractivity contribution in [2.45, 2.75) is 26.9 Å². The van der Waals surface area contributed by atoms with Crippen molar-refractivity contribution >= 4 is 0 Å². The molecule has 1 rings (SSSR count). The molecular weight excluding hydrogens is 140 g/mol. The minimum absolute atomic E-state index is 0.171. The number of ether oxygens (including phenoxy) is 1. The van der Waals surface area contributed by atoms with Gasteiger partial charge in [0.1, 0.15) is 6.33 Å². The van der Waals surface area contributed by atoms with E-state index in [1.54, 1.807) is 0 Å². The number of hydrogen-bond donors (Lipinski definition) is 0. The highest BCUT2D eigenvalue weighted by Crippen LogP contribution is 2.07. The third-order valence-electron chi connectivity index (χ3n) is 1.14. The Bertz CT molecular complexity index is 235. The van der Waals surface area contributed by atoms with E-state index in [9.17, 15) is 0 Å². The first-order chi connectivity index (χ1) is 5.18. The molecule has 0 bridgehead atoms. The van der Waals surface area contributed by atoms with Crippen LogP contribution in [0.15, 0.2) is 12.4 Å². The molecule has 0 N–H and O–H groups in total. The van der Waals surface area contributed by atoms with Gasteiger partial charge in [0.15, 0.2) is 0 Å². The fourth-order valence-corrected chi connectivity index (χ4v) is 0.736. The quantitative estimate of drug-likeness (QED) is 0.645. The van der Waals surface area contributed by atoms with E-state index in [1.165, 1.54) is 6.33 Å². The SMILES string of the molecule is Cc1cc(OC(C)C)ncn1. The first-order valence-electron chi connectivity index (χ1n) is 3.64. The molecule has 1 aromatic rings. The van der Waals surface area contributed by atoms with E-state index in [-0.39, 0.29) is 6.10 Å². The standard InChI is InChI=1S/C8H12N2O/c1-6(2)11-8-4-7(3)9-5-10-8/h4-6H,1-3H3. The molecule has 0 amide bonds. The maximum absolute atomic E-state index is 5.34. The molecule has 11 heavy (non-hydrogen) atoms. The number of nitrogens with zero attached hydrogens (tertiary/aromatic N) is 2. The van der Waals surface area contributed by atoms with Crippen LogP contribution in [0.5, 0.6) is 5.88 Å². The van der Waals surface area contributed by atoms with E-state index in [4.69, 9.17) is 4.74 Å². The molecule has 0 saturated heterocycles. The first kappa shape index (κ1) is 7.98. The predicted octanol–water partition coefficient (Wildman–Crippen LogP) is 1.57. The zero-order valence-corrected chi connectivity index (χ0v) is 7.03. The Morgan fingerprint density at radius 1 is 1.36 bits per heavy atom. The van der Waals surface area contributed by atoms with Gasteiger partial charge in [0, 0.05) is 11.8 Å². The summed E-state index contributed by atoms with van der Waals surface area (Å²) in [5.41, 5.74) is 0.927. The lowest BCUT2D eigenvalue weighted by molar-refractivity contribution is 0.232. The largest absolute Gasteiger partial charge is 0.475 e. The van der Waals surface area contributed by atoms with Crippen molar-refractivity contribution in [3.05, 3.63) is 18.1 Å². The summed E-state index contributed by atoms with van der Waals surface area (Å²) in [6, 6.07) is 1.82. The van der Waals surface area contributed by atoms with Crippen LogP contribution in [0, 0.1) is 6.92 Å². The van der Waals surface area contributed by atoms with Crippen LogP contribution in [0.3, 0.4) is 0 Å². The summed E-state index contributed by atoms with van der Waals surface area (Å²) in [6.45, 7) is 5.85. The summed E-state index contributed by atoms with van der Waals surface area (Å²) in [7, 11) is 0. The predicted molar refractivity (Wildman–Crippen MR) is 42.5 cm³/mol. The van der Waals surface area contributed by atoms with E-state index in [1.807, 2.05) is 26.8 Å². The lowest BCUT2D eigenvalue weighted by atomic mass is 10.4. The van der Waals surface area contributed by atoms with Gasteiger partial charge in [-0.3, -0.25) is 0 Å².